The molecule has 0 spiro atoms. The minimum absolute atomic E-state index is 0.336. The van der Waals surface area contributed by atoms with Crippen molar-refractivity contribution >= 4 is 85.6 Å². The van der Waals surface area contributed by atoms with Crippen LogP contribution in [0.15, 0.2) is 141 Å². The fourth-order valence-electron chi connectivity index (χ4n) is 8.05. The van der Waals surface area contributed by atoms with Gasteiger partial charge in [0.25, 0.3) is 0 Å². The molecule has 6 aromatic carbocycles. The van der Waals surface area contributed by atoms with Crippen molar-refractivity contribution in [3.8, 4) is 5.69 Å². The van der Waals surface area contributed by atoms with Crippen molar-refractivity contribution in [3.63, 3.8) is 0 Å². The van der Waals surface area contributed by atoms with Gasteiger partial charge in [-0.2, -0.15) is 0 Å². The van der Waals surface area contributed by atoms with E-state index in [0.717, 1.165) is 60.7 Å². The predicted octanol–water partition coefficient (Wildman–Crippen LogP) is 9.66. The normalized spacial score (nSPS) is 15.0. The Hall–Kier alpha value is -3.84. The molecule has 2 aliphatic heterocycles. The average Bonchev–Trinajstić information content (AvgIpc) is 3.42. The molecule has 46 heavy (non-hydrogen) atoms. The van der Waals surface area contributed by atoms with Crippen LogP contribution in [0.2, 0.25) is 0 Å². The quantitative estimate of drug-likeness (QED) is 0.0956. The van der Waals surface area contributed by atoms with Gasteiger partial charge >= 0.3 is 279 Å². The van der Waals surface area contributed by atoms with Crippen molar-refractivity contribution in [2.45, 2.75) is 5.41 Å². The zero-order valence-corrected chi connectivity index (χ0v) is 28.3. The second-order valence-corrected chi connectivity index (χ2v) is 19.1. The monoisotopic (exact) mass is 836 g/mol. The molecule has 0 radical (unpaired) electrons. The van der Waals surface area contributed by atoms with Gasteiger partial charge in [0.05, 0.1) is 0 Å². The van der Waals surface area contributed by atoms with Gasteiger partial charge in [0.15, 0.2) is 0 Å². The van der Waals surface area contributed by atoms with Crippen LogP contribution in [0.25, 0.3) is 27.5 Å². The molecular weight excluding hydrogens is 813 g/mol. The molecule has 226 valence electrons. The first-order valence-electron chi connectivity index (χ1n) is 14.8. The van der Waals surface area contributed by atoms with Crippen LogP contribution in [0.5, 0.6) is 0 Å². The second kappa shape index (κ2) is 10.3. The van der Waals surface area contributed by atoms with Crippen LogP contribution in [0, 0.1) is 3.57 Å². The van der Waals surface area contributed by atoms with Crippen LogP contribution in [0.1, 0.15) is 22.3 Å². The summed E-state index contributed by atoms with van der Waals surface area (Å²) in [6.45, 7) is -0.385. The van der Waals surface area contributed by atoms with Gasteiger partial charge < -0.3 is 0 Å². The summed E-state index contributed by atoms with van der Waals surface area (Å²) in [6.07, 6.45) is 0. The van der Waals surface area contributed by atoms with Crippen molar-refractivity contribution < 1.29 is 11.4 Å². The van der Waals surface area contributed by atoms with Crippen molar-refractivity contribution in [1.82, 2.24) is 4.57 Å². The van der Waals surface area contributed by atoms with E-state index in [4.69, 9.17) is 0 Å². The van der Waals surface area contributed by atoms with Gasteiger partial charge in [-0.3, -0.25) is 0 Å². The summed E-state index contributed by atoms with van der Waals surface area (Å²) in [5, 5.41) is 2.20. The van der Waals surface area contributed by atoms with E-state index < -0.39 is 46.1 Å². The van der Waals surface area contributed by atoms with E-state index >= 15 is 5.72 Å². The molecule has 1 aromatic heterocycles. The van der Waals surface area contributed by atoms with Crippen LogP contribution in [0.3, 0.4) is 0 Å². The molecule has 9 rings (SSSR count). The summed E-state index contributed by atoms with van der Waals surface area (Å²) in [4.78, 5) is 0. The molecule has 2 nitrogen and oxygen atoms in total. The molecule has 0 amide bonds. The van der Waals surface area contributed by atoms with E-state index in [0.29, 0.717) is 5.46 Å². The van der Waals surface area contributed by atoms with Crippen molar-refractivity contribution in [2.75, 3.05) is 0 Å². The number of aromatic nitrogens is 1. The van der Waals surface area contributed by atoms with Crippen molar-refractivity contribution in [2.24, 2.45) is 1.36 Å². The number of hydrogen-bond donors (Lipinski definition) is 0. The molecule has 7 aromatic rings. The van der Waals surface area contributed by atoms with E-state index in [1.54, 1.807) is 6.07 Å². The molecule has 0 saturated carbocycles. The average molecular weight is 836 g/mol. The number of halogens is 6. The van der Waals surface area contributed by atoms with Gasteiger partial charge in [-0.1, -0.05) is 0 Å². The van der Waals surface area contributed by atoms with Gasteiger partial charge in [-0.15, -0.1) is 0 Å². The number of fused-ring (bicyclic) bond motifs is 7. The SMILES string of the molecule is FI(F)N=I(F)(F)c1ccc2c(c1)B1c3c(cccc3C2(c2ccccc2)c2ccccc2)-n2c3ccccc3c3cccc1c32. The number of para-hydroxylation sites is 2. The predicted molar refractivity (Wildman–Crippen MR) is 197 cm³/mol. The maximum absolute atomic E-state index is 15.6. The van der Waals surface area contributed by atoms with Crippen LogP contribution in [0.4, 0.5) is 11.4 Å². The van der Waals surface area contributed by atoms with Crippen LogP contribution >= 0.6 is 40.6 Å². The van der Waals surface area contributed by atoms with E-state index in [-0.39, 0.29) is 10.3 Å². The summed E-state index contributed by atoms with van der Waals surface area (Å²) in [5.74, 6) is 0. The summed E-state index contributed by atoms with van der Waals surface area (Å²) in [7, 11) is 0. The van der Waals surface area contributed by atoms with Crippen LogP contribution in [-0.4, -0.2) is 11.3 Å². The Labute approximate surface area is 277 Å². The Morgan fingerprint density at radius 1 is 0.630 bits per heavy atom. The van der Waals surface area contributed by atoms with Gasteiger partial charge in [-0.25, -0.2) is 0 Å². The number of hydrogen-bond acceptors (Lipinski definition) is 1. The molecule has 0 aliphatic carbocycles. The number of rotatable bonds is 4. The van der Waals surface area contributed by atoms with E-state index in [2.05, 4.69) is 72.7 Å². The maximum atomic E-state index is 15.6. The van der Waals surface area contributed by atoms with Crippen LogP contribution in [-0.2, 0) is 5.41 Å². The molecule has 0 bridgehead atoms. The van der Waals surface area contributed by atoms with Crippen LogP contribution < -0.4 is 16.4 Å². The van der Waals surface area contributed by atoms with Gasteiger partial charge in [0.1, 0.15) is 0 Å². The summed E-state index contributed by atoms with van der Waals surface area (Å²) in [5.41, 5.74) is 8.97. The van der Waals surface area contributed by atoms with Gasteiger partial charge in [-0.05, 0) is 0 Å². The van der Waals surface area contributed by atoms with Crippen molar-refractivity contribution in [3.05, 3.63) is 165 Å². The molecule has 0 unspecified atom stereocenters. The first kappa shape index (κ1) is 28.4. The first-order valence-corrected chi connectivity index (χ1v) is 21.0. The molecular formula is C37H23BF4I2N2. The molecule has 3 heterocycles. The van der Waals surface area contributed by atoms with Crippen molar-refractivity contribution in [1.29, 1.82) is 0 Å². The van der Waals surface area contributed by atoms with Gasteiger partial charge in [0.2, 0.25) is 0 Å². The standard InChI is InChI=1S/C37H23BF4I2N2/c39-43(40)45-44(41,42)26-21-22-29-32(23-26)38-31-18-9-16-28-27-15-7-8-19-33(27)46(36(28)31)34-20-10-17-30(35(34)38)37(29,24-11-3-1-4-12-24)25-13-5-2-6-14-25/h1-23H. The zero-order valence-electron chi connectivity index (χ0n) is 24.0. The summed E-state index contributed by atoms with van der Waals surface area (Å²) in [6, 6.07) is 45.9. The summed E-state index contributed by atoms with van der Waals surface area (Å²) >= 11 is -11.3. The minimum atomic E-state index is -6.28. The molecule has 2 aliphatic rings. The molecule has 0 saturated heterocycles. The third-order valence-electron chi connectivity index (χ3n) is 9.59. The Balaban J connectivity index is 1.51. The number of nitrogens with zero attached hydrogens (tertiary/aromatic N) is 2. The van der Waals surface area contributed by atoms with E-state index in [1.165, 1.54) is 12.1 Å². The second-order valence-electron chi connectivity index (χ2n) is 11.6. The Morgan fingerprint density at radius 2 is 1.28 bits per heavy atom. The Morgan fingerprint density at radius 3 is 2.00 bits per heavy atom. The fraction of sp³-hybridized carbons (Fsp3) is 0.0270. The fourth-order valence-corrected chi connectivity index (χ4v) is 13.7. The first-order chi connectivity index (χ1) is 22.4. The van der Waals surface area contributed by atoms with E-state index in [1.807, 2.05) is 54.6 Å². The third-order valence-corrected chi connectivity index (χ3v) is 17.4. The molecule has 0 atom stereocenters. The Bertz CT molecular complexity index is 2370. The third kappa shape index (κ3) is 3.81. The molecule has 0 fully saturated rings. The Kier molecular flexibility index (Phi) is 6.38. The van der Waals surface area contributed by atoms with E-state index in [9.17, 15) is 5.72 Å². The summed E-state index contributed by atoms with van der Waals surface area (Å²) < 4.78 is 63.1. The topological polar surface area (TPSA) is 17.3 Å². The zero-order chi connectivity index (χ0) is 31.2. The van der Waals surface area contributed by atoms with Gasteiger partial charge in [0, 0.05) is 0 Å². The number of benzene rings is 6. The molecule has 0 N–H and O–H groups in total. The molecule has 9 heteroatoms.